The van der Waals surface area contributed by atoms with Crippen LogP contribution >= 0.6 is 24.8 Å². The molecule has 0 radical (unpaired) electrons. The molecule has 2 aliphatic heterocycles. The Kier molecular flexibility index (Phi) is 2.36. The number of hydrogen-bond acceptors (Lipinski definition) is 2. The second kappa shape index (κ2) is 3.49. The van der Waals surface area contributed by atoms with Gasteiger partial charge in [0.1, 0.15) is 0 Å². The van der Waals surface area contributed by atoms with Gasteiger partial charge in [-0.15, -0.1) is 0 Å². The summed E-state index contributed by atoms with van der Waals surface area (Å²) in [5.41, 5.74) is 1.66. The quantitative estimate of drug-likeness (QED) is 0.425. The molecule has 3 aliphatic rings. The Morgan fingerprint density at radius 2 is 2.27 bits per heavy atom. The number of fused-ring (bicyclic) bond motifs is 1. The number of nitrogens with zero attached hydrogens (tertiary/aromatic N) is 1. The molecule has 2 unspecified atom stereocenters. The van der Waals surface area contributed by atoms with Gasteiger partial charge in [0.25, 0.3) is 0 Å². The lowest BCUT2D eigenvalue weighted by Gasteiger charge is -2.54. The van der Waals surface area contributed by atoms with E-state index in [2.05, 4.69) is 11.0 Å². The Bertz CT molecular complexity index is 337. The highest BCUT2D eigenvalue weighted by atomic mass is 32.1. The van der Waals surface area contributed by atoms with Gasteiger partial charge in [0.05, 0.1) is 9.86 Å². The minimum Gasteiger partial charge on any atom is -0.350 e. The van der Waals surface area contributed by atoms with E-state index in [4.69, 9.17) is 24.8 Å². The molecule has 15 heavy (non-hydrogen) atoms. The van der Waals surface area contributed by atoms with Crippen LogP contribution in [0.25, 0.3) is 0 Å². The molecule has 2 atom stereocenters. The molecule has 1 nitrogen and oxygen atoms in total. The van der Waals surface area contributed by atoms with Gasteiger partial charge in [-0.3, -0.25) is 0 Å². The van der Waals surface area contributed by atoms with E-state index in [-0.39, 0.29) is 4.87 Å². The van der Waals surface area contributed by atoms with Crippen molar-refractivity contribution >= 4 is 29.8 Å². The Morgan fingerprint density at radius 1 is 1.40 bits per heavy atom. The number of thiocarbonyl (C=S) groups is 1. The third-order valence-corrected chi connectivity index (χ3v) is 5.37. The van der Waals surface area contributed by atoms with Crippen LogP contribution in [0.4, 0.5) is 0 Å². The van der Waals surface area contributed by atoms with E-state index >= 15 is 0 Å². The first-order valence-electron chi connectivity index (χ1n) is 5.93. The molecule has 3 heteroatoms. The maximum Gasteiger partial charge on any atom is 0.0922 e. The first-order valence-corrected chi connectivity index (χ1v) is 6.79. The fourth-order valence-corrected chi connectivity index (χ4v) is 4.18. The van der Waals surface area contributed by atoms with Crippen LogP contribution in [-0.2, 0) is 0 Å². The molecule has 2 saturated heterocycles. The molecule has 0 spiro atoms. The predicted octanol–water partition coefficient (Wildman–Crippen LogP) is 3.17. The summed E-state index contributed by atoms with van der Waals surface area (Å²) in [4.78, 5) is 3.57. The lowest BCUT2D eigenvalue weighted by Crippen LogP contribution is -2.61. The van der Waals surface area contributed by atoms with Gasteiger partial charge in [-0.2, -0.15) is 12.6 Å². The average molecular weight is 239 g/mol. The highest BCUT2D eigenvalue weighted by Gasteiger charge is 2.56. The SMILES string of the molecule is S=C1CCC2(S)C(C3=CCCCC3)CN12. The van der Waals surface area contributed by atoms with Crippen molar-refractivity contribution in [2.24, 2.45) is 5.92 Å². The summed E-state index contributed by atoms with van der Waals surface area (Å²) in [5, 5.41) is 0. The van der Waals surface area contributed by atoms with E-state index in [9.17, 15) is 0 Å². The van der Waals surface area contributed by atoms with Crippen LogP contribution in [0.3, 0.4) is 0 Å². The summed E-state index contributed by atoms with van der Waals surface area (Å²) in [5.74, 6) is 0.682. The smallest absolute Gasteiger partial charge is 0.0922 e. The van der Waals surface area contributed by atoms with Crippen molar-refractivity contribution in [2.45, 2.75) is 43.4 Å². The third kappa shape index (κ3) is 1.39. The van der Waals surface area contributed by atoms with Crippen molar-refractivity contribution in [1.29, 1.82) is 0 Å². The van der Waals surface area contributed by atoms with E-state index in [1.54, 1.807) is 5.57 Å². The van der Waals surface area contributed by atoms with E-state index in [1.165, 1.54) is 25.7 Å². The summed E-state index contributed by atoms with van der Waals surface area (Å²) in [7, 11) is 0. The van der Waals surface area contributed by atoms with Crippen LogP contribution in [0.2, 0.25) is 0 Å². The lowest BCUT2D eigenvalue weighted by molar-refractivity contribution is 0.0997. The van der Waals surface area contributed by atoms with Crippen LogP contribution in [-0.4, -0.2) is 21.3 Å². The topological polar surface area (TPSA) is 3.24 Å². The molecular weight excluding hydrogens is 222 g/mol. The van der Waals surface area contributed by atoms with Gasteiger partial charge in [-0.1, -0.05) is 23.9 Å². The fourth-order valence-electron chi connectivity index (χ4n) is 3.21. The first-order chi connectivity index (χ1) is 7.22. The second-order valence-corrected chi connectivity index (χ2v) is 6.21. The van der Waals surface area contributed by atoms with Gasteiger partial charge in [0, 0.05) is 18.9 Å². The zero-order valence-corrected chi connectivity index (χ0v) is 10.6. The van der Waals surface area contributed by atoms with Gasteiger partial charge in [-0.05, 0) is 32.1 Å². The maximum absolute atomic E-state index is 5.35. The van der Waals surface area contributed by atoms with E-state index in [0.29, 0.717) is 5.92 Å². The third-order valence-electron chi connectivity index (χ3n) is 4.17. The number of hydrogen-bond donors (Lipinski definition) is 1. The van der Waals surface area contributed by atoms with Crippen molar-refractivity contribution in [2.75, 3.05) is 6.54 Å². The molecule has 0 aromatic heterocycles. The van der Waals surface area contributed by atoms with Crippen LogP contribution in [0, 0.1) is 5.92 Å². The van der Waals surface area contributed by atoms with Crippen molar-refractivity contribution in [1.82, 2.24) is 4.90 Å². The molecule has 2 fully saturated rings. The number of thiol groups is 1. The largest absolute Gasteiger partial charge is 0.350 e. The van der Waals surface area contributed by atoms with E-state index in [1.807, 2.05) is 0 Å². The van der Waals surface area contributed by atoms with Crippen molar-refractivity contribution < 1.29 is 0 Å². The standard InChI is InChI=1S/C12H17NS2/c14-11-6-7-12(15)10(8-13(11)12)9-4-2-1-3-5-9/h4,10,15H,1-3,5-8H2. The van der Waals surface area contributed by atoms with Crippen LogP contribution in [0.5, 0.6) is 0 Å². The van der Waals surface area contributed by atoms with Crippen molar-refractivity contribution in [3.63, 3.8) is 0 Å². The summed E-state index contributed by atoms with van der Waals surface area (Å²) < 4.78 is 0. The highest BCUT2D eigenvalue weighted by molar-refractivity contribution is 7.82. The minimum absolute atomic E-state index is 0.0975. The maximum atomic E-state index is 5.35. The molecule has 82 valence electrons. The summed E-state index contributed by atoms with van der Waals surface area (Å²) in [6.07, 6.45) is 10.0. The molecule has 2 heterocycles. The molecule has 0 saturated carbocycles. The summed E-state index contributed by atoms with van der Waals surface area (Å²) in [6.45, 7) is 1.13. The van der Waals surface area contributed by atoms with Gasteiger partial charge in [0.2, 0.25) is 0 Å². The molecule has 0 aromatic rings. The summed E-state index contributed by atoms with van der Waals surface area (Å²) in [6, 6.07) is 0. The second-order valence-electron chi connectivity index (χ2n) is 4.96. The molecular formula is C12H17NS2. The molecule has 0 amide bonds. The Balaban J connectivity index is 1.80. The average Bonchev–Trinajstić information content (AvgIpc) is 2.45. The molecule has 0 bridgehead atoms. The van der Waals surface area contributed by atoms with Crippen LogP contribution in [0.15, 0.2) is 11.6 Å². The Hall–Kier alpha value is -0.0200. The van der Waals surface area contributed by atoms with Crippen LogP contribution < -0.4 is 0 Å². The molecule has 0 aromatic carbocycles. The highest BCUT2D eigenvalue weighted by Crippen LogP contribution is 2.53. The zero-order chi connectivity index (χ0) is 10.5. The predicted molar refractivity (Wildman–Crippen MR) is 70.3 cm³/mol. The molecule has 0 N–H and O–H groups in total. The Morgan fingerprint density at radius 3 is 2.93 bits per heavy atom. The van der Waals surface area contributed by atoms with Gasteiger partial charge < -0.3 is 4.90 Å². The van der Waals surface area contributed by atoms with Gasteiger partial charge in [0.15, 0.2) is 0 Å². The normalized spacial score (nSPS) is 39.8. The first kappa shape index (κ1) is 10.2. The van der Waals surface area contributed by atoms with Gasteiger partial charge >= 0.3 is 0 Å². The number of allylic oxidation sites excluding steroid dienone is 1. The lowest BCUT2D eigenvalue weighted by atomic mass is 9.78. The van der Waals surface area contributed by atoms with Gasteiger partial charge in [-0.25, -0.2) is 0 Å². The molecule has 1 aliphatic carbocycles. The van der Waals surface area contributed by atoms with E-state index < -0.39 is 0 Å². The monoisotopic (exact) mass is 239 g/mol. The van der Waals surface area contributed by atoms with Crippen LogP contribution in [0.1, 0.15) is 38.5 Å². The number of rotatable bonds is 1. The van der Waals surface area contributed by atoms with Crippen molar-refractivity contribution in [3.8, 4) is 0 Å². The minimum atomic E-state index is 0.0975. The zero-order valence-electron chi connectivity index (χ0n) is 8.91. The molecule has 3 rings (SSSR count). The van der Waals surface area contributed by atoms with Crippen molar-refractivity contribution in [3.05, 3.63) is 11.6 Å². The summed E-state index contributed by atoms with van der Waals surface area (Å²) >= 11 is 10.2. The Labute approximate surface area is 102 Å². The van der Waals surface area contributed by atoms with E-state index in [0.717, 1.165) is 24.4 Å². The fraction of sp³-hybridized carbons (Fsp3) is 0.750.